The van der Waals surface area contributed by atoms with Gasteiger partial charge in [0.05, 0.1) is 0 Å². The van der Waals surface area contributed by atoms with Gasteiger partial charge in [-0.2, -0.15) is 0 Å². The normalized spacial score (nSPS) is 11.0. The van der Waals surface area contributed by atoms with Gasteiger partial charge in [-0.3, -0.25) is 0 Å². The zero-order chi connectivity index (χ0) is 23.3. The highest BCUT2D eigenvalue weighted by Crippen LogP contribution is 2.30. The number of nitrogens with one attached hydrogen (secondary N) is 1. The molecule has 5 rings (SSSR count). The molecule has 0 spiro atoms. The smallest absolute Gasteiger partial charge is 0.130 e. The minimum absolute atomic E-state index is 0.278. The van der Waals surface area contributed by atoms with Gasteiger partial charge in [0.25, 0.3) is 0 Å². The van der Waals surface area contributed by atoms with Gasteiger partial charge in [0, 0.05) is 41.9 Å². The molecule has 4 aromatic carbocycles. The molecule has 2 N–H and O–H groups in total. The van der Waals surface area contributed by atoms with Gasteiger partial charge < -0.3 is 19.7 Å². The van der Waals surface area contributed by atoms with Crippen molar-refractivity contribution < 1.29 is 9.84 Å². The number of hydrogen-bond acceptors (Lipinski definition) is 3. The van der Waals surface area contributed by atoms with Gasteiger partial charge in [-0.05, 0) is 66.4 Å². The van der Waals surface area contributed by atoms with Crippen LogP contribution >= 0.6 is 0 Å². The number of phenolic OH excluding ortho intramolecular Hbond substituents is 1. The topological polar surface area (TPSA) is 48.5 Å². The Morgan fingerprint density at radius 1 is 0.853 bits per heavy atom. The van der Waals surface area contributed by atoms with Crippen molar-refractivity contribution in [1.29, 1.82) is 0 Å². The summed E-state index contributed by atoms with van der Waals surface area (Å²) in [5.41, 5.74) is 5.69. The second-order valence-electron chi connectivity index (χ2n) is 8.57. The summed E-state index contributed by atoms with van der Waals surface area (Å²) in [6.45, 7) is 3.64. The van der Waals surface area contributed by atoms with Crippen LogP contribution in [0.4, 0.5) is 5.69 Å². The summed E-state index contributed by atoms with van der Waals surface area (Å²) in [5, 5.41) is 11.2. The lowest BCUT2D eigenvalue weighted by Crippen LogP contribution is -2.25. The number of aryl methyl sites for hydroxylation is 1. The number of ether oxygens (including phenoxy) is 1. The highest BCUT2D eigenvalue weighted by Gasteiger charge is 2.12. The van der Waals surface area contributed by atoms with Crippen LogP contribution in [0.3, 0.4) is 0 Å². The number of aromatic nitrogens is 1. The molecule has 34 heavy (non-hydrogen) atoms. The van der Waals surface area contributed by atoms with Crippen LogP contribution in [-0.4, -0.2) is 16.6 Å². The van der Waals surface area contributed by atoms with E-state index in [2.05, 4.69) is 65.5 Å². The van der Waals surface area contributed by atoms with Gasteiger partial charge >= 0.3 is 0 Å². The van der Waals surface area contributed by atoms with E-state index in [1.54, 1.807) is 6.07 Å². The number of aromatic amines is 1. The molecule has 0 fully saturated rings. The number of rotatable bonds is 8. The van der Waals surface area contributed by atoms with Crippen LogP contribution in [0.2, 0.25) is 0 Å². The predicted molar refractivity (Wildman–Crippen MR) is 139 cm³/mol. The zero-order valence-corrected chi connectivity index (χ0v) is 19.2. The molecular weight excluding hydrogens is 420 g/mol. The van der Waals surface area contributed by atoms with Crippen molar-refractivity contribution in [2.24, 2.45) is 0 Å². The molecule has 0 bridgehead atoms. The summed E-state index contributed by atoms with van der Waals surface area (Å²) in [5.74, 6) is 1.98. The van der Waals surface area contributed by atoms with E-state index in [1.165, 1.54) is 16.5 Å². The molecule has 0 amide bonds. The number of anilines is 1. The van der Waals surface area contributed by atoms with E-state index in [0.717, 1.165) is 47.8 Å². The maximum absolute atomic E-state index is 10.0. The fraction of sp³-hybridized carbons (Fsp3) is 0.133. The lowest BCUT2D eigenvalue weighted by Gasteiger charge is -2.25. The molecule has 0 saturated carbocycles. The quantitative estimate of drug-likeness (QED) is 0.263. The number of H-pyrrole nitrogens is 1. The molecule has 170 valence electrons. The summed E-state index contributed by atoms with van der Waals surface area (Å²) in [6.07, 6.45) is 2.95. The van der Waals surface area contributed by atoms with Crippen molar-refractivity contribution in [3.8, 4) is 17.2 Å². The average molecular weight is 449 g/mol. The number of fused-ring (bicyclic) bond motifs is 1. The van der Waals surface area contributed by atoms with E-state index >= 15 is 0 Å². The van der Waals surface area contributed by atoms with Gasteiger partial charge in [0.15, 0.2) is 0 Å². The van der Waals surface area contributed by atoms with Gasteiger partial charge in [0.2, 0.25) is 0 Å². The van der Waals surface area contributed by atoms with E-state index in [9.17, 15) is 5.11 Å². The van der Waals surface area contributed by atoms with Crippen LogP contribution < -0.4 is 9.64 Å². The number of aromatic hydroxyl groups is 1. The third kappa shape index (κ3) is 4.91. The highest BCUT2D eigenvalue weighted by atomic mass is 16.5. The Kier molecular flexibility index (Phi) is 6.21. The Morgan fingerprint density at radius 2 is 1.68 bits per heavy atom. The molecule has 5 aromatic rings. The standard InChI is InChI=1S/C30H28N2O2/c1-22-8-5-6-13-30(22)34-27-14-15-29-28(19-27)24(20-31-29)16-17-32(21-23-9-3-2-4-10-23)25-11-7-12-26(33)18-25/h2-15,18-20,31,33H,16-17,21H2,1H3. The Hall–Kier alpha value is -4.18. The van der Waals surface area contributed by atoms with Gasteiger partial charge in [-0.25, -0.2) is 0 Å². The summed E-state index contributed by atoms with van der Waals surface area (Å²) < 4.78 is 6.18. The lowest BCUT2D eigenvalue weighted by atomic mass is 10.1. The summed E-state index contributed by atoms with van der Waals surface area (Å²) in [6, 6.07) is 32.1. The van der Waals surface area contributed by atoms with E-state index in [-0.39, 0.29) is 5.75 Å². The number of hydrogen-bond donors (Lipinski definition) is 2. The molecule has 1 aromatic heterocycles. The molecule has 0 aliphatic carbocycles. The van der Waals surface area contributed by atoms with E-state index < -0.39 is 0 Å². The van der Waals surface area contributed by atoms with Crippen LogP contribution in [-0.2, 0) is 13.0 Å². The van der Waals surface area contributed by atoms with E-state index in [4.69, 9.17) is 4.74 Å². The Morgan fingerprint density at radius 3 is 2.50 bits per heavy atom. The summed E-state index contributed by atoms with van der Waals surface area (Å²) in [4.78, 5) is 5.71. The minimum atomic E-state index is 0.278. The van der Waals surface area contributed by atoms with Crippen molar-refractivity contribution in [2.75, 3.05) is 11.4 Å². The van der Waals surface area contributed by atoms with Crippen molar-refractivity contribution in [2.45, 2.75) is 19.9 Å². The molecule has 4 nitrogen and oxygen atoms in total. The Balaban J connectivity index is 1.38. The second kappa shape index (κ2) is 9.75. The maximum atomic E-state index is 10.0. The Labute approximate surface area is 200 Å². The van der Waals surface area contributed by atoms with Crippen molar-refractivity contribution >= 4 is 16.6 Å². The maximum Gasteiger partial charge on any atom is 0.130 e. The van der Waals surface area contributed by atoms with Crippen LogP contribution in [0.1, 0.15) is 16.7 Å². The summed E-state index contributed by atoms with van der Waals surface area (Å²) >= 11 is 0. The van der Waals surface area contributed by atoms with Gasteiger partial charge in [0.1, 0.15) is 17.2 Å². The van der Waals surface area contributed by atoms with Crippen LogP contribution in [0.25, 0.3) is 10.9 Å². The first-order chi connectivity index (χ1) is 16.7. The summed E-state index contributed by atoms with van der Waals surface area (Å²) in [7, 11) is 0. The SMILES string of the molecule is Cc1ccccc1Oc1ccc2[nH]cc(CCN(Cc3ccccc3)c3cccc(O)c3)c2c1. The molecule has 4 heteroatoms. The number of nitrogens with zero attached hydrogens (tertiary/aromatic N) is 1. The Bertz CT molecular complexity index is 1390. The minimum Gasteiger partial charge on any atom is -0.508 e. The van der Waals surface area contributed by atoms with Crippen molar-refractivity contribution in [3.63, 3.8) is 0 Å². The van der Waals surface area contributed by atoms with Crippen LogP contribution in [0.15, 0.2) is 103 Å². The lowest BCUT2D eigenvalue weighted by molar-refractivity contribution is 0.475. The van der Waals surface area contributed by atoms with Crippen LogP contribution in [0, 0.1) is 6.92 Å². The van der Waals surface area contributed by atoms with Crippen LogP contribution in [0.5, 0.6) is 17.2 Å². The first-order valence-electron chi connectivity index (χ1n) is 11.6. The molecular formula is C30H28N2O2. The average Bonchev–Trinajstić information content (AvgIpc) is 3.26. The number of benzene rings is 4. The van der Waals surface area contributed by atoms with E-state index in [1.807, 2.05) is 48.5 Å². The monoisotopic (exact) mass is 448 g/mol. The highest BCUT2D eigenvalue weighted by molar-refractivity contribution is 5.84. The number of phenols is 1. The van der Waals surface area contributed by atoms with Crippen molar-refractivity contribution in [3.05, 3.63) is 120 Å². The number of para-hydroxylation sites is 1. The fourth-order valence-corrected chi connectivity index (χ4v) is 4.27. The molecule has 1 heterocycles. The third-order valence-electron chi connectivity index (χ3n) is 6.12. The predicted octanol–water partition coefficient (Wildman–Crippen LogP) is 7.22. The van der Waals surface area contributed by atoms with E-state index in [0.29, 0.717) is 0 Å². The van der Waals surface area contributed by atoms with Crippen molar-refractivity contribution in [1.82, 2.24) is 4.98 Å². The van der Waals surface area contributed by atoms with Gasteiger partial charge in [-0.1, -0.05) is 54.6 Å². The molecule has 0 saturated heterocycles. The first kappa shape index (κ1) is 21.7. The molecule has 0 radical (unpaired) electrons. The largest absolute Gasteiger partial charge is 0.508 e. The zero-order valence-electron chi connectivity index (χ0n) is 19.2. The molecule has 0 unspecified atom stereocenters. The molecule has 0 aliphatic heterocycles. The first-order valence-corrected chi connectivity index (χ1v) is 11.6. The van der Waals surface area contributed by atoms with Gasteiger partial charge in [-0.15, -0.1) is 0 Å². The molecule has 0 aliphatic rings. The third-order valence-corrected chi connectivity index (χ3v) is 6.12. The fourth-order valence-electron chi connectivity index (χ4n) is 4.27. The second-order valence-corrected chi connectivity index (χ2v) is 8.57. The molecule has 0 atom stereocenters.